The van der Waals surface area contributed by atoms with Crippen molar-refractivity contribution in [2.45, 2.75) is 39.8 Å². The predicted octanol–water partition coefficient (Wildman–Crippen LogP) is 0.0522. The third-order valence-corrected chi connectivity index (χ3v) is 1.64. The molecular weight excluding hydrogens is 196 g/mol. The van der Waals surface area contributed by atoms with Crippen LogP contribution in [0.5, 0.6) is 0 Å². The van der Waals surface area contributed by atoms with Gasteiger partial charge in [-0.1, -0.05) is 0 Å². The molecule has 5 heteroatoms. The van der Waals surface area contributed by atoms with Crippen LogP contribution in [0.4, 0.5) is 0 Å². The maximum Gasteiger partial charge on any atom is 0.246 e. The first kappa shape index (κ1) is 13.9. The number of nitrogens with one attached hydrogen (secondary N) is 2. The molecule has 0 aliphatic carbocycles. The minimum Gasteiger partial charge on any atom is -0.372 e. The Morgan fingerprint density at radius 3 is 2.27 bits per heavy atom. The third-order valence-electron chi connectivity index (χ3n) is 1.64. The molecule has 0 saturated carbocycles. The van der Waals surface area contributed by atoms with Crippen molar-refractivity contribution in [1.29, 1.82) is 0 Å². The number of carbonyl (C=O) groups is 2. The molecule has 0 spiro atoms. The van der Waals surface area contributed by atoms with E-state index in [0.717, 1.165) is 0 Å². The van der Waals surface area contributed by atoms with Crippen LogP contribution in [0.25, 0.3) is 0 Å². The molecule has 0 aliphatic heterocycles. The maximum atomic E-state index is 11.4. The Hall–Kier alpha value is -1.10. The number of carbonyl (C=O) groups excluding carboxylic acids is 2. The summed E-state index contributed by atoms with van der Waals surface area (Å²) < 4.78 is 4.91. The lowest BCUT2D eigenvalue weighted by Gasteiger charge is -2.15. The van der Waals surface area contributed by atoms with E-state index in [4.69, 9.17) is 4.74 Å². The summed E-state index contributed by atoms with van der Waals surface area (Å²) in [5, 5.41) is 5.25. The lowest BCUT2D eigenvalue weighted by molar-refractivity contribution is -0.131. The SMILES string of the molecule is CCOCC(=O)NC(C)C(=O)NC(C)C. The van der Waals surface area contributed by atoms with Crippen LogP contribution in [0.3, 0.4) is 0 Å². The molecule has 0 radical (unpaired) electrons. The van der Waals surface area contributed by atoms with Crippen LogP contribution in [0.2, 0.25) is 0 Å². The Bertz CT molecular complexity index is 217. The first-order chi connectivity index (χ1) is 6.97. The molecule has 15 heavy (non-hydrogen) atoms. The normalized spacial score (nSPS) is 12.3. The second kappa shape index (κ2) is 7.23. The largest absolute Gasteiger partial charge is 0.372 e. The van der Waals surface area contributed by atoms with Gasteiger partial charge in [0.1, 0.15) is 12.6 Å². The Morgan fingerprint density at radius 1 is 1.20 bits per heavy atom. The van der Waals surface area contributed by atoms with Crippen molar-refractivity contribution in [3.63, 3.8) is 0 Å². The molecule has 0 aromatic rings. The predicted molar refractivity (Wildman–Crippen MR) is 57.4 cm³/mol. The average Bonchev–Trinajstić information content (AvgIpc) is 2.13. The van der Waals surface area contributed by atoms with Crippen molar-refractivity contribution in [3.8, 4) is 0 Å². The topological polar surface area (TPSA) is 67.4 Å². The quantitative estimate of drug-likeness (QED) is 0.659. The van der Waals surface area contributed by atoms with E-state index in [1.807, 2.05) is 20.8 Å². The fourth-order valence-corrected chi connectivity index (χ4v) is 0.953. The number of hydrogen-bond acceptors (Lipinski definition) is 3. The van der Waals surface area contributed by atoms with Gasteiger partial charge in [0.15, 0.2) is 0 Å². The van der Waals surface area contributed by atoms with Crippen LogP contribution in [0.1, 0.15) is 27.7 Å². The van der Waals surface area contributed by atoms with Crippen LogP contribution in [0, 0.1) is 0 Å². The monoisotopic (exact) mass is 216 g/mol. The van der Waals surface area contributed by atoms with Gasteiger partial charge in [0.05, 0.1) is 0 Å². The molecule has 88 valence electrons. The minimum absolute atomic E-state index is 0.00417. The van der Waals surface area contributed by atoms with E-state index in [2.05, 4.69) is 10.6 Å². The molecule has 0 bridgehead atoms. The van der Waals surface area contributed by atoms with Gasteiger partial charge in [-0.3, -0.25) is 9.59 Å². The van der Waals surface area contributed by atoms with Crippen molar-refractivity contribution in [1.82, 2.24) is 10.6 Å². The van der Waals surface area contributed by atoms with Gasteiger partial charge in [-0.25, -0.2) is 0 Å². The summed E-state index contributed by atoms with van der Waals surface area (Å²) in [5.41, 5.74) is 0. The van der Waals surface area contributed by atoms with Crippen molar-refractivity contribution < 1.29 is 14.3 Å². The van der Waals surface area contributed by atoms with Gasteiger partial charge in [-0.15, -0.1) is 0 Å². The highest BCUT2D eigenvalue weighted by Crippen LogP contribution is 1.86. The Morgan fingerprint density at radius 2 is 1.80 bits per heavy atom. The summed E-state index contributed by atoms with van der Waals surface area (Å²) >= 11 is 0. The summed E-state index contributed by atoms with van der Waals surface area (Å²) in [4.78, 5) is 22.6. The highest BCUT2D eigenvalue weighted by atomic mass is 16.5. The lowest BCUT2D eigenvalue weighted by atomic mass is 10.3. The van der Waals surface area contributed by atoms with Crippen molar-refractivity contribution in [2.24, 2.45) is 0 Å². The lowest BCUT2D eigenvalue weighted by Crippen LogP contribution is -2.47. The van der Waals surface area contributed by atoms with Gasteiger partial charge in [-0.2, -0.15) is 0 Å². The Kier molecular flexibility index (Phi) is 6.70. The summed E-state index contributed by atoms with van der Waals surface area (Å²) in [7, 11) is 0. The highest BCUT2D eigenvalue weighted by molar-refractivity contribution is 5.87. The molecule has 2 amide bonds. The zero-order valence-corrected chi connectivity index (χ0v) is 9.79. The van der Waals surface area contributed by atoms with Gasteiger partial charge >= 0.3 is 0 Å². The molecule has 2 N–H and O–H groups in total. The average molecular weight is 216 g/mol. The van der Waals surface area contributed by atoms with E-state index in [9.17, 15) is 9.59 Å². The number of hydrogen-bond donors (Lipinski definition) is 2. The first-order valence-electron chi connectivity index (χ1n) is 5.14. The standard InChI is InChI=1S/C10H20N2O3/c1-5-15-6-9(13)12-8(4)10(14)11-7(2)3/h7-8H,5-6H2,1-4H3,(H,11,14)(H,12,13). The summed E-state index contributed by atoms with van der Waals surface area (Å²) in [6.07, 6.45) is 0. The van der Waals surface area contributed by atoms with Crippen LogP contribution in [-0.4, -0.2) is 37.1 Å². The zero-order valence-electron chi connectivity index (χ0n) is 9.79. The smallest absolute Gasteiger partial charge is 0.246 e. The minimum atomic E-state index is -0.527. The fraction of sp³-hybridized carbons (Fsp3) is 0.800. The van der Waals surface area contributed by atoms with E-state index in [-0.39, 0.29) is 24.5 Å². The molecular formula is C10H20N2O3. The molecule has 0 aliphatic rings. The van der Waals surface area contributed by atoms with Crippen molar-refractivity contribution in [2.75, 3.05) is 13.2 Å². The molecule has 0 aromatic carbocycles. The van der Waals surface area contributed by atoms with Crippen LogP contribution in [-0.2, 0) is 14.3 Å². The van der Waals surface area contributed by atoms with Gasteiger partial charge in [0, 0.05) is 12.6 Å². The van der Waals surface area contributed by atoms with E-state index in [1.165, 1.54) is 0 Å². The molecule has 1 unspecified atom stereocenters. The molecule has 5 nitrogen and oxygen atoms in total. The summed E-state index contributed by atoms with van der Waals surface area (Å²) in [6, 6.07) is -0.455. The first-order valence-corrected chi connectivity index (χ1v) is 5.14. The van der Waals surface area contributed by atoms with Crippen molar-refractivity contribution >= 4 is 11.8 Å². The molecule has 1 atom stereocenters. The molecule has 0 heterocycles. The summed E-state index contributed by atoms with van der Waals surface area (Å²) in [6.45, 7) is 7.67. The third kappa shape index (κ3) is 6.90. The molecule has 0 rings (SSSR count). The number of amides is 2. The highest BCUT2D eigenvalue weighted by Gasteiger charge is 2.15. The fourth-order valence-electron chi connectivity index (χ4n) is 0.953. The van der Waals surface area contributed by atoms with Gasteiger partial charge in [0.2, 0.25) is 11.8 Å². The van der Waals surface area contributed by atoms with Crippen molar-refractivity contribution in [3.05, 3.63) is 0 Å². The van der Waals surface area contributed by atoms with Crippen LogP contribution in [0.15, 0.2) is 0 Å². The van der Waals surface area contributed by atoms with Gasteiger partial charge in [0.25, 0.3) is 0 Å². The Labute approximate surface area is 90.6 Å². The maximum absolute atomic E-state index is 11.4. The summed E-state index contributed by atoms with van der Waals surface area (Å²) in [5.74, 6) is -0.460. The van der Waals surface area contributed by atoms with Gasteiger partial charge < -0.3 is 15.4 Å². The Balaban J connectivity index is 3.85. The molecule has 0 fully saturated rings. The van der Waals surface area contributed by atoms with Crippen LogP contribution >= 0.6 is 0 Å². The number of ether oxygens (including phenoxy) is 1. The number of rotatable bonds is 6. The van der Waals surface area contributed by atoms with E-state index < -0.39 is 6.04 Å². The second-order valence-electron chi connectivity index (χ2n) is 3.59. The van der Waals surface area contributed by atoms with Crippen LogP contribution < -0.4 is 10.6 Å². The second-order valence-corrected chi connectivity index (χ2v) is 3.59. The van der Waals surface area contributed by atoms with E-state index in [0.29, 0.717) is 6.61 Å². The molecule has 0 saturated heterocycles. The van der Waals surface area contributed by atoms with E-state index >= 15 is 0 Å². The van der Waals surface area contributed by atoms with E-state index in [1.54, 1.807) is 6.92 Å². The zero-order chi connectivity index (χ0) is 11.8. The molecule has 0 aromatic heterocycles. The van der Waals surface area contributed by atoms with Gasteiger partial charge in [-0.05, 0) is 27.7 Å².